The van der Waals surface area contributed by atoms with Gasteiger partial charge in [0.15, 0.2) is 11.4 Å². The minimum absolute atomic E-state index is 0.0375. The van der Waals surface area contributed by atoms with E-state index in [2.05, 4.69) is 15.6 Å². The molecular weight excluding hydrogens is 260 g/mol. The molecule has 0 radical (unpaired) electrons. The van der Waals surface area contributed by atoms with Crippen molar-refractivity contribution in [3.8, 4) is 6.19 Å². The second kappa shape index (κ2) is 7.44. The van der Waals surface area contributed by atoms with Crippen molar-refractivity contribution >= 4 is 34.2 Å². The molecule has 0 bridgehead atoms. The van der Waals surface area contributed by atoms with Gasteiger partial charge in [0.05, 0.1) is 5.69 Å². The molecule has 100 valence electrons. The van der Waals surface area contributed by atoms with E-state index in [4.69, 9.17) is 5.26 Å². The highest BCUT2D eigenvalue weighted by Gasteiger charge is 2.04. The van der Waals surface area contributed by atoms with E-state index >= 15 is 0 Å². The van der Waals surface area contributed by atoms with Gasteiger partial charge in [-0.3, -0.25) is 10.1 Å². The summed E-state index contributed by atoms with van der Waals surface area (Å²) in [5.74, 6) is -0.0375. The minimum atomic E-state index is -0.0375. The summed E-state index contributed by atoms with van der Waals surface area (Å²) in [5, 5.41) is 14.4. The molecule has 6 heteroatoms. The van der Waals surface area contributed by atoms with Crippen LogP contribution in [-0.2, 0) is 4.79 Å². The van der Waals surface area contributed by atoms with E-state index in [-0.39, 0.29) is 5.91 Å². The molecule has 0 aliphatic heterocycles. The van der Waals surface area contributed by atoms with Crippen molar-refractivity contribution in [3.63, 3.8) is 0 Å². The number of nitrogens with one attached hydrogen (secondary N) is 2. The molecule has 0 aliphatic rings. The average molecular weight is 276 g/mol. The summed E-state index contributed by atoms with van der Waals surface area (Å²) in [6.07, 6.45) is 4.09. The van der Waals surface area contributed by atoms with E-state index in [0.29, 0.717) is 17.3 Å². The van der Waals surface area contributed by atoms with Gasteiger partial charge in [-0.1, -0.05) is 24.8 Å². The number of nitrogens with zero attached hydrogens (tertiary/aromatic N) is 2. The number of amidine groups is 1. The third kappa shape index (κ3) is 4.64. The normalized spacial score (nSPS) is 10.7. The lowest BCUT2D eigenvalue weighted by Gasteiger charge is -2.08. The smallest absolute Gasteiger partial charge is 0.224 e. The van der Waals surface area contributed by atoms with E-state index < -0.39 is 0 Å². The first kappa shape index (κ1) is 15.1. The molecule has 0 aromatic heterocycles. The summed E-state index contributed by atoms with van der Waals surface area (Å²) in [6.45, 7) is 3.72. The van der Waals surface area contributed by atoms with Crippen molar-refractivity contribution in [2.24, 2.45) is 4.99 Å². The first-order valence-electron chi connectivity index (χ1n) is 5.79. The first-order chi connectivity index (χ1) is 9.10. The standard InChI is InChI=1S/C13H16N4OS/c1-4-12(18)17-11-7-10(6-5-9(11)2)16-13(19-3)15-8-14/h5-7H,4H2,1-3H3,(H,15,16)(H,17,18). The predicted molar refractivity (Wildman–Crippen MR) is 79.5 cm³/mol. The van der Waals surface area contributed by atoms with Crippen LogP contribution in [0.5, 0.6) is 0 Å². The quantitative estimate of drug-likeness (QED) is 0.385. The molecule has 2 N–H and O–H groups in total. The Kier molecular flexibility index (Phi) is 5.90. The summed E-state index contributed by atoms with van der Waals surface area (Å²) < 4.78 is 0. The van der Waals surface area contributed by atoms with Gasteiger partial charge >= 0.3 is 0 Å². The van der Waals surface area contributed by atoms with Crippen LogP contribution in [0, 0.1) is 18.4 Å². The lowest BCUT2D eigenvalue weighted by molar-refractivity contribution is -0.115. The van der Waals surface area contributed by atoms with E-state index in [1.165, 1.54) is 11.8 Å². The molecule has 1 rings (SSSR count). The van der Waals surface area contributed by atoms with Crippen LogP contribution in [0.2, 0.25) is 0 Å². The van der Waals surface area contributed by atoms with Crippen LogP contribution in [0.25, 0.3) is 0 Å². The molecule has 0 atom stereocenters. The number of thioether (sulfide) groups is 1. The highest BCUT2D eigenvalue weighted by molar-refractivity contribution is 8.13. The van der Waals surface area contributed by atoms with Crippen molar-refractivity contribution in [1.82, 2.24) is 5.32 Å². The van der Waals surface area contributed by atoms with E-state index in [1.54, 1.807) is 13.0 Å². The maximum Gasteiger partial charge on any atom is 0.224 e. The maximum atomic E-state index is 11.4. The van der Waals surface area contributed by atoms with E-state index in [9.17, 15) is 4.79 Å². The molecule has 19 heavy (non-hydrogen) atoms. The zero-order valence-electron chi connectivity index (χ0n) is 11.2. The number of rotatable bonds is 3. The van der Waals surface area contributed by atoms with Gasteiger partial charge < -0.3 is 5.32 Å². The van der Waals surface area contributed by atoms with Crippen molar-refractivity contribution in [2.75, 3.05) is 11.6 Å². The van der Waals surface area contributed by atoms with Crippen LogP contribution in [-0.4, -0.2) is 17.3 Å². The molecule has 0 unspecified atom stereocenters. The molecule has 0 spiro atoms. The van der Waals surface area contributed by atoms with Gasteiger partial charge in [0.2, 0.25) is 5.91 Å². The monoisotopic (exact) mass is 276 g/mol. The Morgan fingerprint density at radius 3 is 2.84 bits per heavy atom. The molecule has 0 saturated heterocycles. The van der Waals surface area contributed by atoms with Gasteiger partial charge in [-0.25, -0.2) is 4.99 Å². The molecule has 1 aromatic rings. The number of carbonyl (C=O) groups excluding carboxylic acids is 1. The maximum absolute atomic E-state index is 11.4. The Balaban J connectivity index is 3.02. The molecular formula is C13H16N4OS. The second-order valence-corrected chi connectivity index (χ2v) is 4.55. The number of aryl methyl sites for hydroxylation is 1. The fraction of sp³-hybridized carbons (Fsp3) is 0.308. The topological polar surface area (TPSA) is 77.3 Å². The van der Waals surface area contributed by atoms with Crippen LogP contribution >= 0.6 is 11.8 Å². The van der Waals surface area contributed by atoms with Crippen molar-refractivity contribution in [1.29, 1.82) is 5.26 Å². The zero-order chi connectivity index (χ0) is 14.3. The van der Waals surface area contributed by atoms with Crippen molar-refractivity contribution in [2.45, 2.75) is 20.3 Å². The SMILES string of the molecule is CCC(=O)Nc1cc(N=C(NC#N)SC)ccc1C. The highest BCUT2D eigenvalue weighted by atomic mass is 32.2. The fourth-order valence-corrected chi connectivity index (χ4v) is 1.69. The Hall–Kier alpha value is -2.00. The van der Waals surface area contributed by atoms with Crippen LogP contribution < -0.4 is 10.6 Å². The Bertz CT molecular complexity index is 534. The fourth-order valence-electron chi connectivity index (χ4n) is 1.34. The van der Waals surface area contributed by atoms with Crippen LogP contribution in [0.1, 0.15) is 18.9 Å². The van der Waals surface area contributed by atoms with Crippen LogP contribution in [0.3, 0.4) is 0 Å². The van der Waals surface area contributed by atoms with Gasteiger partial charge in [-0.15, -0.1) is 0 Å². The Morgan fingerprint density at radius 2 is 2.26 bits per heavy atom. The van der Waals surface area contributed by atoms with Crippen LogP contribution in [0.15, 0.2) is 23.2 Å². The number of amides is 1. The number of aliphatic imine (C=N–C) groups is 1. The molecule has 5 nitrogen and oxygen atoms in total. The van der Waals surface area contributed by atoms with E-state index in [1.807, 2.05) is 31.5 Å². The zero-order valence-corrected chi connectivity index (χ0v) is 12.0. The molecule has 0 saturated carbocycles. The minimum Gasteiger partial charge on any atom is -0.326 e. The summed E-state index contributed by atoms with van der Waals surface area (Å²) >= 11 is 1.35. The van der Waals surface area contributed by atoms with Gasteiger partial charge in [0.25, 0.3) is 0 Å². The number of carbonyl (C=O) groups is 1. The molecule has 0 heterocycles. The average Bonchev–Trinajstić information content (AvgIpc) is 2.41. The number of benzene rings is 1. The number of hydrogen-bond acceptors (Lipinski definition) is 4. The molecule has 0 fully saturated rings. The summed E-state index contributed by atoms with van der Waals surface area (Å²) in [5.41, 5.74) is 2.40. The third-order valence-electron chi connectivity index (χ3n) is 2.40. The summed E-state index contributed by atoms with van der Waals surface area (Å²) in [6, 6.07) is 5.51. The van der Waals surface area contributed by atoms with Gasteiger partial charge in [0, 0.05) is 12.1 Å². The molecule has 1 amide bonds. The lowest BCUT2D eigenvalue weighted by Crippen LogP contribution is -2.12. The molecule has 1 aromatic carbocycles. The van der Waals surface area contributed by atoms with Gasteiger partial charge in [-0.05, 0) is 30.9 Å². The predicted octanol–water partition coefficient (Wildman–Crippen LogP) is 2.76. The van der Waals surface area contributed by atoms with E-state index in [0.717, 1.165) is 11.3 Å². The Morgan fingerprint density at radius 1 is 1.53 bits per heavy atom. The van der Waals surface area contributed by atoms with Gasteiger partial charge in [0.1, 0.15) is 0 Å². The van der Waals surface area contributed by atoms with Crippen LogP contribution in [0.4, 0.5) is 11.4 Å². The van der Waals surface area contributed by atoms with Crippen molar-refractivity contribution in [3.05, 3.63) is 23.8 Å². The first-order valence-corrected chi connectivity index (χ1v) is 7.01. The third-order valence-corrected chi connectivity index (χ3v) is 2.98. The largest absolute Gasteiger partial charge is 0.326 e. The number of anilines is 1. The summed E-state index contributed by atoms with van der Waals surface area (Å²) in [4.78, 5) is 15.7. The second-order valence-electron chi connectivity index (χ2n) is 3.76. The van der Waals surface area contributed by atoms with Gasteiger partial charge in [-0.2, -0.15) is 5.26 Å². The summed E-state index contributed by atoms with van der Waals surface area (Å²) in [7, 11) is 0. The number of hydrogen-bond donors (Lipinski definition) is 2. The lowest BCUT2D eigenvalue weighted by atomic mass is 10.2. The number of nitriles is 1. The molecule has 0 aliphatic carbocycles. The Labute approximate surface area is 117 Å². The highest BCUT2D eigenvalue weighted by Crippen LogP contribution is 2.23. The van der Waals surface area contributed by atoms with Crippen molar-refractivity contribution < 1.29 is 4.79 Å².